The van der Waals surface area contributed by atoms with Crippen LogP contribution in [0.4, 0.5) is 0 Å². The van der Waals surface area contributed by atoms with Crippen molar-refractivity contribution in [1.82, 2.24) is 70.7 Å². The van der Waals surface area contributed by atoms with E-state index in [1.165, 1.54) is 64.3 Å². The number of rotatable bonds is 36. The van der Waals surface area contributed by atoms with Gasteiger partial charge in [-0.25, -0.2) is 0 Å². The summed E-state index contributed by atoms with van der Waals surface area (Å²) in [7, 11) is 10.1. The zero-order valence-electron chi connectivity index (χ0n) is 75.9. The molecule has 0 aromatic heterocycles. The highest BCUT2D eigenvalue weighted by Gasteiger charge is 2.38. The van der Waals surface area contributed by atoms with Crippen LogP contribution in [0, 0.1) is 0 Å². The number of likely N-dealkylation sites (N-methyl/N-ethyl adjacent to an activating group) is 4. The number of ether oxygens (including phenoxy) is 2. The standard InChI is InChI=1S/C21H29N3O2.C20H27N3O2.C20H25N3O.C19H23N3O.C19H25N3.C5H9NO2/c1-22-20(21(25)26-2)17-24(16-19-11-7-4-8-12-19)14-13-23-15-18-9-5-3-6-10-18;1-21-19(20(24)25)16-23(15-18-10-6-3-7-11-18)13-12-22-14-17-8-4-2-5-9-17;1-21-19-16-22(14-17-8-4-2-5-9-17)12-13-23(20(19)24)15-18-10-6-3-7-11-18;20-18-15-21(13-16-7-3-1-4-8-16)11-12-22(19(18)23)14-17-9-5-2-6-10-17;20-19-15-21(13-17-7-3-1-4-8-17)11-12-22(16-19)14-18-9-5-2-6-10-18;1-6-3-4(6)5(7)8-2/h3-12,20,22-23H,13-17H2,1-2H3;2-11,19,21-22H,12-16H2,1H3,(H,24,25);2-11,19,21H,12-16H2,1H3;1-10,18H,11-15,20H2;1-10,19H,11-16,20H2;4H,3H2,1-2H3/t20-;2*19-;18-;;4-,6?/m0000.0/s1. The molecule has 2 amide bonds. The van der Waals surface area contributed by atoms with E-state index in [-0.39, 0.29) is 47.9 Å². The SMILES string of the molecule is CN[C@@H](CN(CCNCc1ccccc1)Cc1ccccc1)C(=O)O.CN[C@@H](CN(CCNCc1ccccc1)Cc1ccccc1)C(=O)OC.CN[C@H]1CN(Cc2ccccc2)CCN(Cc2ccccc2)C1=O.COC(=O)[C@@H]1CN1C.NC1CN(Cc2ccccc2)CCN(Cc2ccccc2)C1.N[C@H]1CN(Cc2ccccc2)CCN(Cc2ccccc2)C1=O. The van der Waals surface area contributed by atoms with Crippen LogP contribution < -0.4 is 38.1 Å². The third-order valence-electron chi connectivity index (χ3n) is 22.7. The lowest BCUT2D eigenvalue weighted by Crippen LogP contribution is -2.46. The van der Waals surface area contributed by atoms with Crippen LogP contribution in [-0.4, -0.2) is 269 Å². The van der Waals surface area contributed by atoms with Crippen molar-refractivity contribution in [2.45, 2.75) is 102 Å². The highest BCUT2D eigenvalue weighted by atomic mass is 16.5. The number of nitrogens with two attached hydrogens (primary N) is 2. The summed E-state index contributed by atoms with van der Waals surface area (Å²) >= 11 is 0. The van der Waals surface area contributed by atoms with Crippen LogP contribution in [0.25, 0.3) is 0 Å². The van der Waals surface area contributed by atoms with Crippen molar-refractivity contribution in [3.63, 3.8) is 0 Å². The van der Waals surface area contributed by atoms with Crippen LogP contribution >= 0.6 is 0 Å². The summed E-state index contributed by atoms with van der Waals surface area (Å²) < 4.78 is 9.36. The van der Waals surface area contributed by atoms with Crippen LogP contribution in [0.5, 0.6) is 0 Å². The lowest BCUT2D eigenvalue weighted by atomic mass is 10.2. The minimum Gasteiger partial charge on any atom is -0.480 e. The highest BCUT2D eigenvalue weighted by Crippen LogP contribution is 2.19. The summed E-state index contributed by atoms with van der Waals surface area (Å²) in [6.07, 6.45) is 0. The number of methoxy groups -OCH3 is 2. The maximum atomic E-state index is 12.8. The Morgan fingerprint density at radius 1 is 0.391 bits per heavy atom. The first-order chi connectivity index (χ1) is 62.4. The van der Waals surface area contributed by atoms with Crippen LogP contribution in [-0.2, 0) is 98.9 Å². The van der Waals surface area contributed by atoms with Gasteiger partial charge in [-0.1, -0.05) is 303 Å². The molecule has 24 heteroatoms. The van der Waals surface area contributed by atoms with Gasteiger partial charge in [-0.05, 0) is 83.8 Å². The number of hydrogen-bond acceptors (Lipinski definition) is 21. The molecule has 4 aliphatic heterocycles. The van der Waals surface area contributed by atoms with Gasteiger partial charge in [-0.2, -0.15) is 0 Å². The number of carboxylic acids is 1. The van der Waals surface area contributed by atoms with Gasteiger partial charge in [0.2, 0.25) is 11.8 Å². The summed E-state index contributed by atoms with van der Waals surface area (Å²) in [5.74, 6) is -0.936. The summed E-state index contributed by atoms with van der Waals surface area (Å²) in [5, 5.41) is 25.3. The van der Waals surface area contributed by atoms with Crippen molar-refractivity contribution < 1.29 is 38.6 Å². The topological polar surface area (TPSA) is 265 Å². The third-order valence-corrected chi connectivity index (χ3v) is 22.7. The summed E-state index contributed by atoms with van der Waals surface area (Å²) in [5.41, 5.74) is 25.0. The molecule has 0 bridgehead atoms. The quantitative estimate of drug-likeness (QED) is 0.0103. The van der Waals surface area contributed by atoms with Crippen LogP contribution in [0.15, 0.2) is 303 Å². The van der Waals surface area contributed by atoms with Crippen LogP contribution in [0.1, 0.15) is 55.6 Å². The Labute approximate surface area is 760 Å². The molecule has 24 nitrogen and oxygen atoms in total. The predicted octanol–water partition coefficient (Wildman–Crippen LogP) is 9.77. The van der Waals surface area contributed by atoms with Gasteiger partial charge in [0.25, 0.3) is 0 Å². The molecule has 0 saturated carbocycles. The van der Waals surface area contributed by atoms with Gasteiger partial charge in [-0.3, -0.25) is 58.3 Å². The van der Waals surface area contributed by atoms with E-state index < -0.39 is 18.1 Å². The summed E-state index contributed by atoms with van der Waals surface area (Å²) in [4.78, 5) is 78.9. The number of carbonyl (C=O) groups excluding carboxylic acids is 4. The van der Waals surface area contributed by atoms with Gasteiger partial charge in [0.05, 0.1) is 26.3 Å². The van der Waals surface area contributed by atoms with Gasteiger partial charge >= 0.3 is 17.9 Å². The molecule has 10 aromatic rings. The number of hydrogen-bond donors (Lipinski definition) is 8. The molecular formula is C104H138N16O8. The predicted molar refractivity (Wildman–Crippen MR) is 513 cm³/mol. The van der Waals surface area contributed by atoms with E-state index in [9.17, 15) is 29.1 Å². The monoisotopic (exact) mass is 1740 g/mol. The van der Waals surface area contributed by atoms with Crippen molar-refractivity contribution in [3.8, 4) is 0 Å². The Morgan fingerprint density at radius 3 is 0.992 bits per heavy atom. The largest absolute Gasteiger partial charge is 0.480 e. The normalized spacial score (nSPS) is 17.3. The van der Waals surface area contributed by atoms with Crippen LogP contribution in [0.2, 0.25) is 0 Å². The second-order valence-electron chi connectivity index (χ2n) is 32.9. The lowest BCUT2D eigenvalue weighted by Gasteiger charge is -2.26. The second-order valence-corrected chi connectivity index (χ2v) is 32.9. The number of nitrogens with one attached hydrogen (secondary N) is 5. The molecule has 4 fully saturated rings. The lowest BCUT2D eigenvalue weighted by molar-refractivity contribution is -0.143. The first-order valence-corrected chi connectivity index (χ1v) is 44.8. The molecule has 10 N–H and O–H groups in total. The zero-order chi connectivity index (χ0) is 90.7. The number of benzene rings is 10. The molecular weight excluding hydrogens is 1600 g/mol. The molecule has 682 valence electrons. The molecule has 1 unspecified atom stereocenters. The Morgan fingerprint density at radius 2 is 0.688 bits per heavy atom. The van der Waals surface area contributed by atoms with Crippen LogP contribution in [0.3, 0.4) is 0 Å². The molecule has 4 aliphatic rings. The van der Waals surface area contributed by atoms with Crippen molar-refractivity contribution >= 4 is 29.7 Å². The maximum Gasteiger partial charge on any atom is 0.324 e. The van der Waals surface area contributed by atoms with E-state index in [1.54, 1.807) is 14.1 Å². The van der Waals surface area contributed by atoms with Crippen molar-refractivity contribution in [2.24, 2.45) is 11.5 Å². The van der Waals surface area contributed by atoms with Gasteiger partial charge in [0.1, 0.15) is 18.1 Å². The molecule has 14 rings (SSSR count). The van der Waals surface area contributed by atoms with Gasteiger partial charge in [0.15, 0.2) is 0 Å². The van der Waals surface area contributed by atoms with Gasteiger partial charge in [0, 0.05) is 183 Å². The average Bonchev–Trinajstić information content (AvgIpc) is 1.67. The Kier molecular flexibility index (Phi) is 45.4. The van der Waals surface area contributed by atoms with Crippen molar-refractivity contribution in [2.75, 3.05) is 154 Å². The minimum absolute atomic E-state index is 0.0458. The molecule has 0 spiro atoms. The summed E-state index contributed by atoms with van der Waals surface area (Å²) in [6, 6.07) is 102. The number of amides is 2. The van der Waals surface area contributed by atoms with Crippen molar-refractivity contribution in [1.29, 1.82) is 0 Å². The maximum absolute atomic E-state index is 12.8. The third kappa shape index (κ3) is 38.1. The fourth-order valence-corrected chi connectivity index (χ4v) is 15.5. The van der Waals surface area contributed by atoms with E-state index in [1.807, 2.05) is 174 Å². The number of esters is 2. The Balaban J connectivity index is 0.000000177. The molecule has 6 atom stereocenters. The van der Waals surface area contributed by atoms with E-state index in [4.69, 9.17) is 16.2 Å². The number of aliphatic carboxylic acids is 1. The van der Waals surface area contributed by atoms with E-state index in [0.29, 0.717) is 39.3 Å². The van der Waals surface area contributed by atoms with Gasteiger partial charge in [-0.15, -0.1) is 0 Å². The number of carbonyl (C=O) groups is 5. The molecule has 4 heterocycles. The van der Waals surface area contributed by atoms with E-state index in [0.717, 1.165) is 143 Å². The first-order valence-electron chi connectivity index (χ1n) is 44.8. The fraction of sp³-hybridized carbons (Fsp3) is 0.375. The number of carboxylic acid groups (broad SMARTS) is 1. The van der Waals surface area contributed by atoms with Crippen molar-refractivity contribution in [3.05, 3.63) is 359 Å². The molecule has 0 aliphatic carbocycles. The summed E-state index contributed by atoms with van der Waals surface area (Å²) in [6.45, 7) is 22.1. The van der Waals surface area contributed by atoms with E-state index >= 15 is 0 Å². The minimum atomic E-state index is -0.821. The highest BCUT2D eigenvalue weighted by molar-refractivity contribution is 5.83. The molecule has 0 radical (unpaired) electrons. The molecule has 128 heavy (non-hydrogen) atoms. The molecule has 4 saturated heterocycles. The second kappa shape index (κ2) is 57.7. The number of nitrogens with zero attached hydrogens (tertiary/aromatic N) is 9. The van der Waals surface area contributed by atoms with Gasteiger partial charge < -0.3 is 62.4 Å². The fourth-order valence-electron chi connectivity index (χ4n) is 15.5. The first kappa shape index (κ1) is 101. The van der Waals surface area contributed by atoms with E-state index in [2.05, 4.69) is 218 Å². The Hall–Kier alpha value is -11.0. The Bertz CT molecular complexity index is 4620. The molecule has 10 aromatic carbocycles. The average molecular weight is 1740 g/mol. The zero-order valence-corrected chi connectivity index (χ0v) is 75.9. The smallest absolute Gasteiger partial charge is 0.324 e.